The lowest BCUT2D eigenvalue weighted by Crippen LogP contribution is -2.41. The Labute approximate surface area is 119 Å². The Morgan fingerprint density at radius 2 is 2.05 bits per heavy atom. The van der Waals surface area contributed by atoms with E-state index in [-0.39, 0.29) is 11.5 Å². The number of rotatable bonds is 5. The molecule has 0 spiro atoms. The quantitative estimate of drug-likeness (QED) is 0.697. The van der Waals surface area contributed by atoms with Gasteiger partial charge in [-0.05, 0) is 33.1 Å². The highest BCUT2D eigenvalue weighted by Crippen LogP contribution is 2.41. The van der Waals surface area contributed by atoms with Gasteiger partial charge in [0, 0.05) is 11.5 Å². The van der Waals surface area contributed by atoms with Crippen molar-refractivity contribution in [1.29, 1.82) is 0 Å². The summed E-state index contributed by atoms with van der Waals surface area (Å²) in [5.74, 6) is 0. The molecule has 1 rings (SSSR count). The first-order chi connectivity index (χ1) is 8.81. The van der Waals surface area contributed by atoms with Gasteiger partial charge in [-0.3, -0.25) is 0 Å². The maximum absolute atomic E-state index is 6.48. The average molecular weight is 259 g/mol. The average Bonchev–Trinajstić information content (AvgIpc) is 2.43. The summed E-state index contributed by atoms with van der Waals surface area (Å²) in [6.07, 6.45) is 8.57. The van der Waals surface area contributed by atoms with Gasteiger partial charge in [-0.15, -0.1) is 0 Å². The maximum atomic E-state index is 6.48. The van der Waals surface area contributed by atoms with Crippen LogP contribution < -0.4 is 5.73 Å². The zero-order valence-corrected chi connectivity index (χ0v) is 13.1. The molecule has 0 aromatic carbocycles. The van der Waals surface area contributed by atoms with Crippen molar-refractivity contribution in [2.75, 3.05) is 0 Å². The van der Waals surface area contributed by atoms with Gasteiger partial charge in [0.2, 0.25) is 0 Å². The second kappa shape index (κ2) is 6.38. The third kappa shape index (κ3) is 3.70. The maximum Gasteiger partial charge on any atom is 0.0349 e. The minimum atomic E-state index is -0.0605. The standard InChI is InChI=1S/C18H29N/c1-7-8-13(2)12-16(5)18(6)10-9-14(3)11-15(4)17(18)19/h9,11,17H,2,5,7-8,10,12,19H2,1,3-4,6H3. The van der Waals surface area contributed by atoms with Crippen LogP contribution in [0.2, 0.25) is 0 Å². The van der Waals surface area contributed by atoms with E-state index >= 15 is 0 Å². The highest BCUT2D eigenvalue weighted by Gasteiger charge is 2.35. The van der Waals surface area contributed by atoms with Crippen LogP contribution in [0.1, 0.15) is 53.4 Å². The molecule has 106 valence electrons. The Kier molecular flexibility index (Phi) is 5.37. The summed E-state index contributed by atoms with van der Waals surface area (Å²) in [6, 6.07) is 0.0446. The van der Waals surface area contributed by atoms with Gasteiger partial charge in [0.15, 0.2) is 0 Å². The molecule has 0 bridgehead atoms. The SMILES string of the molecule is C=C(CCC)CC(=C)C1(C)CC=C(C)C=C(C)C1N. The van der Waals surface area contributed by atoms with E-state index in [2.05, 4.69) is 53.0 Å². The summed E-state index contributed by atoms with van der Waals surface area (Å²) < 4.78 is 0. The molecular weight excluding hydrogens is 230 g/mol. The fourth-order valence-electron chi connectivity index (χ4n) is 2.82. The normalized spacial score (nSPS) is 27.3. The monoisotopic (exact) mass is 259 g/mol. The zero-order chi connectivity index (χ0) is 14.6. The number of hydrogen-bond acceptors (Lipinski definition) is 1. The first-order valence-electron chi connectivity index (χ1n) is 7.26. The Hall–Kier alpha value is -1.08. The van der Waals surface area contributed by atoms with Crippen molar-refractivity contribution in [3.05, 3.63) is 47.6 Å². The third-order valence-electron chi connectivity index (χ3n) is 4.36. The van der Waals surface area contributed by atoms with E-state index in [4.69, 9.17) is 5.73 Å². The van der Waals surface area contributed by atoms with Crippen LogP contribution in [0, 0.1) is 5.41 Å². The molecule has 0 radical (unpaired) electrons. The third-order valence-corrected chi connectivity index (χ3v) is 4.36. The van der Waals surface area contributed by atoms with E-state index in [0.717, 1.165) is 25.7 Å². The van der Waals surface area contributed by atoms with Crippen molar-refractivity contribution < 1.29 is 0 Å². The molecule has 0 saturated heterocycles. The van der Waals surface area contributed by atoms with E-state index in [1.807, 2.05) is 0 Å². The predicted molar refractivity (Wildman–Crippen MR) is 86.0 cm³/mol. The van der Waals surface area contributed by atoms with Crippen molar-refractivity contribution in [3.63, 3.8) is 0 Å². The van der Waals surface area contributed by atoms with Crippen LogP contribution in [0.3, 0.4) is 0 Å². The van der Waals surface area contributed by atoms with Crippen molar-refractivity contribution in [2.45, 2.75) is 59.4 Å². The van der Waals surface area contributed by atoms with Crippen LogP contribution in [-0.2, 0) is 0 Å². The molecule has 0 fully saturated rings. The van der Waals surface area contributed by atoms with Gasteiger partial charge in [0.05, 0.1) is 0 Å². The summed E-state index contributed by atoms with van der Waals surface area (Å²) in [5, 5.41) is 0. The predicted octanol–water partition coefficient (Wildman–Crippen LogP) is 4.92. The summed E-state index contributed by atoms with van der Waals surface area (Å²) in [7, 11) is 0. The van der Waals surface area contributed by atoms with E-state index in [1.165, 1.54) is 22.3 Å². The van der Waals surface area contributed by atoms with Gasteiger partial charge >= 0.3 is 0 Å². The van der Waals surface area contributed by atoms with Crippen LogP contribution in [0.15, 0.2) is 47.6 Å². The van der Waals surface area contributed by atoms with Crippen molar-refractivity contribution in [1.82, 2.24) is 0 Å². The molecule has 0 saturated carbocycles. The Bertz CT molecular complexity index is 425. The molecule has 1 aliphatic carbocycles. The van der Waals surface area contributed by atoms with Gasteiger partial charge in [-0.1, -0.05) is 67.9 Å². The molecule has 0 aromatic heterocycles. The van der Waals surface area contributed by atoms with E-state index in [1.54, 1.807) is 0 Å². The molecule has 2 N–H and O–H groups in total. The minimum absolute atomic E-state index is 0.0446. The van der Waals surface area contributed by atoms with Crippen LogP contribution in [0.25, 0.3) is 0 Å². The summed E-state index contributed by atoms with van der Waals surface area (Å²) in [4.78, 5) is 0. The Balaban J connectivity index is 2.93. The number of hydrogen-bond donors (Lipinski definition) is 1. The van der Waals surface area contributed by atoms with Crippen molar-refractivity contribution in [3.8, 4) is 0 Å². The fourth-order valence-corrected chi connectivity index (χ4v) is 2.82. The molecule has 0 amide bonds. The van der Waals surface area contributed by atoms with Crippen molar-refractivity contribution >= 4 is 0 Å². The molecule has 0 aliphatic heterocycles. The molecule has 19 heavy (non-hydrogen) atoms. The van der Waals surface area contributed by atoms with E-state index in [0.29, 0.717) is 0 Å². The van der Waals surface area contributed by atoms with Crippen LogP contribution >= 0.6 is 0 Å². The summed E-state index contributed by atoms with van der Waals surface area (Å²) in [6.45, 7) is 17.2. The van der Waals surface area contributed by atoms with Gasteiger partial charge in [0.1, 0.15) is 0 Å². The highest BCUT2D eigenvalue weighted by molar-refractivity contribution is 5.34. The van der Waals surface area contributed by atoms with Gasteiger partial charge < -0.3 is 5.73 Å². The number of nitrogens with two attached hydrogens (primary N) is 1. The first kappa shape index (κ1) is 16.0. The molecule has 1 heteroatoms. The lowest BCUT2D eigenvalue weighted by molar-refractivity contribution is 0.342. The van der Waals surface area contributed by atoms with Crippen LogP contribution in [0.4, 0.5) is 0 Å². The molecule has 1 nitrogen and oxygen atoms in total. The minimum Gasteiger partial charge on any atom is -0.323 e. The second-order valence-corrected chi connectivity index (χ2v) is 6.22. The second-order valence-electron chi connectivity index (χ2n) is 6.22. The number of allylic oxidation sites excluding steroid dienone is 4. The molecule has 0 heterocycles. The molecule has 2 atom stereocenters. The molecule has 0 aromatic rings. The van der Waals surface area contributed by atoms with Crippen LogP contribution in [-0.4, -0.2) is 6.04 Å². The van der Waals surface area contributed by atoms with Crippen molar-refractivity contribution in [2.24, 2.45) is 11.1 Å². The highest BCUT2D eigenvalue weighted by atomic mass is 14.7. The molecule has 1 aliphatic rings. The molecule has 2 unspecified atom stereocenters. The van der Waals surface area contributed by atoms with E-state index in [9.17, 15) is 0 Å². The topological polar surface area (TPSA) is 26.0 Å². The lowest BCUT2D eigenvalue weighted by Gasteiger charge is -2.37. The largest absolute Gasteiger partial charge is 0.323 e. The van der Waals surface area contributed by atoms with Gasteiger partial charge in [0.25, 0.3) is 0 Å². The van der Waals surface area contributed by atoms with Crippen LogP contribution in [0.5, 0.6) is 0 Å². The first-order valence-corrected chi connectivity index (χ1v) is 7.26. The zero-order valence-electron chi connectivity index (χ0n) is 13.1. The Morgan fingerprint density at radius 1 is 1.42 bits per heavy atom. The smallest absolute Gasteiger partial charge is 0.0349 e. The summed E-state index contributed by atoms with van der Waals surface area (Å²) >= 11 is 0. The van der Waals surface area contributed by atoms with Gasteiger partial charge in [-0.2, -0.15) is 0 Å². The Morgan fingerprint density at radius 3 is 2.63 bits per heavy atom. The summed E-state index contributed by atoms with van der Waals surface area (Å²) in [5.41, 5.74) is 11.5. The molecular formula is C18H29N. The van der Waals surface area contributed by atoms with E-state index < -0.39 is 0 Å². The van der Waals surface area contributed by atoms with Gasteiger partial charge in [-0.25, -0.2) is 0 Å². The lowest BCUT2D eigenvalue weighted by atomic mass is 9.70. The fraction of sp³-hybridized carbons (Fsp3) is 0.556.